The molecule has 0 bridgehead atoms. The highest BCUT2D eigenvalue weighted by Gasteiger charge is 2.09. The van der Waals surface area contributed by atoms with E-state index in [1.807, 2.05) is 43.3 Å². The van der Waals surface area contributed by atoms with Crippen molar-refractivity contribution in [3.05, 3.63) is 48.3 Å². The number of pyridine rings is 1. The molecule has 0 fully saturated rings. The molecule has 3 rings (SSSR count). The van der Waals surface area contributed by atoms with Gasteiger partial charge in [-0.3, -0.25) is 4.98 Å². The first-order valence-electron chi connectivity index (χ1n) is 6.43. The molecule has 1 atom stereocenters. The first kappa shape index (κ1) is 13.1. The number of nitrogens with zero attached hydrogens (tertiary/aromatic N) is 2. The SMILES string of the molecule is CC[C@H](O)c1ccc(Sc2nc3ccccc3o2)cn1. The summed E-state index contributed by atoms with van der Waals surface area (Å²) in [5, 5.41) is 10.3. The maximum absolute atomic E-state index is 9.71. The number of oxazole rings is 1. The van der Waals surface area contributed by atoms with Gasteiger partial charge in [-0.2, -0.15) is 0 Å². The van der Waals surface area contributed by atoms with Crippen molar-refractivity contribution in [1.82, 2.24) is 9.97 Å². The van der Waals surface area contributed by atoms with Gasteiger partial charge in [0.25, 0.3) is 5.22 Å². The van der Waals surface area contributed by atoms with Gasteiger partial charge in [0.2, 0.25) is 0 Å². The molecule has 102 valence electrons. The molecule has 0 aliphatic carbocycles. The Bertz CT molecular complexity index is 676. The summed E-state index contributed by atoms with van der Waals surface area (Å²) in [7, 11) is 0. The summed E-state index contributed by atoms with van der Waals surface area (Å²) in [5.41, 5.74) is 2.32. The number of aliphatic hydroxyl groups excluding tert-OH is 1. The molecule has 0 saturated heterocycles. The van der Waals surface area contributed by atoms with Gasteiger partial charge in [0.15, 0.2) is 5.58 Å². The largest absolute Gasteiger partial charge is 0.431 e. The molecule has 0 unspecified atom stereocenters. The van der Waals surface area contributed by atoms with Crippen LogP contribution in [-0.2, 0) is 0 Å². The second kappa shape index (κ2) is 5.64. The molecule has 0 spiro atoms. The van der Waals surface area contributed by atoms with Gasteiger partial charge in [0, 0.05) is 11.1 Å². The summed E-state index contributed by atoms with van der Waals surface area (Å²) in [6.45, 7) is 1.92. The van der Waals surface area contributed by atoms with Crippen LogP contribution < -0.4 is 0 Å². The number of hydrogen-bond acceptors (Lipinski definition) is 5. The van der Waals surface area contributed by atoms with Crippen LogP contribution in [0.4, 0.5) is 0 Å². The summed E-state index contributed by atoms with van der Waals surface area (Å²) in [5.74, 6) is 0. The van der Waals surface area contributed by atoms with Crippen molar-refractivity contribution in [2.45, 2.75) is 29.6 Å². The Kier molecular flexibility index (Phi) is 3.71. The zero-order chi connectivity index (χ0) is 13.9. The number of aliphatic hydroxyl groups is 1. The Morgan fingerprint density at radius 1 is 1.25 bits per heavy atom. The molecule has 2 heterocycles. The van der Waals surface area contributed by atoms with E-state index >= 15 is 0 Å². The standard InChI is InChI=1S/C15H14N2O2S/c1-2-13(18)11-8-7-10(9-16-11)20-15-17-12-5-3-4-6-14(12)19-15/h3-9,13,18H,2H2,1H3/t13-/m0/s1. The van der Waals surface area contributed by atoms with Crippen LogP contribution in [0.25, 0.3) is 11.1 Å². The highest BCUT2D eigenvalue weighted by molar-refractivity contribution is 7.99. The molecule has 0 aliphatic rings. The first-order valence-corrected chi connectivity index (χ1v) is 7.25. The van der Waals surface area contributed by atoms with Gasteiger partial charge in [-0.1, -0.05) is 19.1 Å². The molecule has 1 N–H and O–H groups in total. The maximum Gasteiger partial charge on any atom is 0.261 e. The third-order valence-electron chi connectivity index (χ3n) is 2.97. The minimum atomic E-state index is -0.502. The van der Waals surface area contributed by atoms with Crippen LogP contribution in [0.5, 0.6) is 0 Å². The van der Waals surface area contributed by atoms with Gasteiger partial charge in [-0.05, 0) is 42.4 Å². The predicted octanol–water partition coefficient (Wildman–Crippen LogP) is 3.82. The molecule has 4 nitrogen and oxygen atoms in total. The smallest absolute Gasteiger partial charge is 0.261 e. The third kappa shape index (κ3) is 2.69. The second-order valence-corrected chi connectivity index (χ2v) is 5.42. The molecule has 0 radical (unpaired) electrons. The second-order valence-electron chi connectivity index (χ2n) is 4.39. The molecule has 2 aromatic heterocycles. The third-order valence-corrected chi connectivity index (χ3v) is 3.79. The lowest BCUT2D eigenvalue weighted by Crippen LogP contribution is -1.97. The van der Waals surface area contributed by atoms with Crippen LogP contribution in [-0.4, -0.2) is 15.1 Å². The van der Waals surface area contributed by atoms with Gasteiger partial charge >= 0.3 is 0 Å². The van der Waals surface area contributed by atoms with Crippen LogP contribution in [0.1, 0.15) is 25.1 Å². The van der Waals surface area contributed by atoms with E-state index in [0.29, 0.717) is 17.3 Å². The van der Waals surface area contributed by atoms with Crippen molar-refractivity contribution < 1.29 is 9.52 Å². The van der Waals surface area contributed by atoms with E-state index in [-0.39, 0.29) is 0 Å². The summed E-state index contributed by atoms with van der Waals surface area (Å²) < 4.78 is 5.65. The lowest BCUT2D eigenvalue weighted by molar-refractivity contribution is 0.169. The zero-order valence-electron chi connectivity index (χ0n) is 11.0. The van der Waals surface area contributed by atoms with Crippen molar-refractivity contribution in [3.63, 3.8) is 0 Å². The Labute approximate surface area is 120 Å². The van der Waals surface area contributed by atoms with Gasteiger partial charge in [-0.15, -0.1) is 0 Å². The molecule has 0 saturated carbocycles. The molecule has 3 aromatic rings. The van der Waals surface area contributed by atoms with Crippen molar-refractivity contribution in [2.24, 2.45) is 0 Å². The van der Waals surface area contributed by atoms with E-state index in [2.05, 4.69) is 9.97 Å². The van der Waals surface area contributed by atoms with Gasteiger partial charge in [-0.25, -0.2) is 4.98 Å². The predicted molar refractivity (Wildman–Crippen MR) is 77.6 cm³/mol. The lowest BCUT2D eigenvalue weighted by atomic mass is 10.2. The average Bonchev–Trinajstić information content (AvgIpc) is 2.89. The van der Waals surface area contributed by atoms with Crippen LogP contribution in [0, 0.1) is 0 Å². The van der Waals surface area contributed by atoms with Crippen LogP contribution >= 0.6 is 11.8 Å². The summed E-state index contributed by atoms with van der Waals surface area (Å²) in [4.78, 5) is 9.59. The summed E-state index contributed by atoms with van der Waals surface area (Å²) in [6, 6.07) is 11.4. The van der Waals surface area contributed by atoms with Crippen LogP contribution in [0.3, 0.4) is 0 Å². The van der Waals surface area contributed by atoms with Gasteiger partial charge < -0.3 is 9.52 Å². The van der Waals surface area contributed by atoms with Crippen molar-refractivity contribution in [1.29, 1.82) is 0 Å². The quantitative estimate of drug-likeness (QED) is 0.790. The van der Waals surface area contributed by atoms with Crippen molar-refractivity contribution in [3.8, 4) is 0 Å². The fourth-order valence-electron chi connectivity index (χ4n) is 1.85. The normalized spacial score (nSPS) is 12.7. The monoisotopic (exact) mass is 286 g/mol. The average molecular weight is 286 g/mol. The van der Waals surface area contributed by atoms with Gasteiger partial charge in [0.05, 0.1) is 11.8 Å². The summed E-state index contributed by atoms with van der Waals surface area (Å²) >= 11 is 1.42. The molecule has 1 aromatic carbocycles. The molecule has 20 heavy (non-hydrogen) atoms. The number of benzene rings is 1. The number of rotatable bonds is 4. The molecule has 0 amide bonds. The Hall–Kier alpha value is -1.85. The van der Waals surface area contributed by atoms with Crippen LogP contribution in [0.15, 0.2) is 57.1 Å². The van der Waals surface area contributed by atoms with Crippen molar-refractivity contribution in [2.75, 3.05) is 0 Å². The Morgan fingerprint density at radius 3 is 2.80 bits per heavy atom. The Morgan fingerprint density at radius 2 is 2.10 bits per heavy atom. The topological polar surface area (TPSA) is 59.2 Å². The highest BCUT2D eigenvalue weighted by atomic mass is 32.2. The number of para-hydroxylation sites is 2. The first-order chi connectivity index (χ1) is 9.76. The number of hydrogen-bond donors (Lipinski definition) is 1. The van der Waals surface area contributed by atoms with E-state index in [0.717, 1.165) is 16.0 Å². The van der Waals surface area contributed by atoms with E-state index in [1.165, 1.54) is 11.8 Å². The fraction of sp³-hybridized carbons (Fsp3) is 0.200. The van der Waals surface area contributed by atoms with E-state index in [1.54, 1.807) is 6.20 Å². The Balaban J connectivity index is 1.80. The van der Waals surface area contributed by atoms with E-state index < -0.39 is 6.10 Å². The molecule has 5 heteroatoms. The molecular formula is C15H14N2O2S. The minimum Gasteiger partial charge on any atom is -0.431 e. The van der Waals surface area contributed by atoms with E-state index in [4.69, 9.17) is 4.42 Å². The summed E-state index contributed by atoms with van der Waals surface area (Å²) in [6.07, 6.45) is 1.89. The van der Waals surface area contributed by atoms with Crippen molar-refractivity contribution >= 4 is 22.9 Å². The molecular weight excluding hydrogens is 272 g/mol. The van der Waals surface area contributed by atoms with Gasteiger partial charge in [0.1, 0.15) is 5.52 Å². The molecule has 0 aliphatic heterocycles. The lowest BCUT2D eigenvalue weighted by Gasteiger charge is -2.06. The maximum atomic E-state index is 9.71. The fourth-order valence-corrected chi connectivity index (χ4v) is 2.57. The van der Waals surface area contributed by atoms with E-state index in [9.17, 15) is 5.11 Å². The number of aromatic nitrogens is 2. The highest BCUT2D eigenvalue weighted by Crippen LogP contribution is 2.29. The van der Waals surface area contributed by atoms with Crippen LogP contribution in [0.2, 0.25) is 0 Å². The zero-order valence-corrected chi connectivity index (χ0v) is 11.8. The number of fused-ring (bicyclic) bond motifs is 1. The minimum absolute atomic E-state index is 0.502.